The normalized spacial score (nSPS) is 20.8. The molecule has 0 bridgehead atoms. The molecule has 2 heterocycles. The van der Waals surface area contributed by atoms with Crippen molar-refractivity contribution in [2.24, 2.45) is 0 Å². The molecule has 50 heavy (non-hydrogen) atoms. The van der Waals surface area contributed by atoms with E-state index in [9.17, 15) is 0 Å². The molecular formula is C48H62N2+2. The third-order valence-corrected chi connectivity index (χ3v) is 11.9. The van der Waals surface area contributed by atoms with Gasteiger partial charge < -0.3 is 8.97 Å². The third-order valence-electron chi connectivity index (χ3n) is 11.9. The number of quaternary nitrogens is 2. The Labute approximate surface area is 304 Å². The van der Waals surface area contributed by atoms with E-state index in [4.69, 9.17) is 0 Å². The lowest BCUT2D eigenvalue weighted by atomic mass is 9.88. The summed E-state index contributed by atoms with van der Waals surface area (Å²) in [5, 5.41) is 0. The summed E-state index contributed by atoms with van der Waals surface area (Å²) in [6.07, 6.45) is 16.1. The molecule has 2 fully saturated rings. The summed E-state index contributed by atoms with van der Waals surface area (Å²) in [5.41, 5.74) is 11.7. The molecule has 0 aliphatic carbocycles. The van der Waals surface area contributed by atoms with Gasteiger partial charge in [-0.2, -0.15) is 0 Å². The van der Waals surface area contributed by atoms with Crippen molar-refractivity contribution in [3.63, 3.8) is 0 Å². The molecule has 0 unspecified atom stereocenters. The largest absolute Gasteiger partial charge is 0.326 e. The van der Waals surface area contributed by atoms with Crippen molar-refractivity contribution in [3.8, 4) is 0 Å². The van der Waals surface area contributed by atoms with Gasteiger partial charge in [-0.15, -0.1) is 0 Å². The van der Waals surface area contributed by atoms with E-state index in [2.05, 4.69) is 135 Å². The second kappa shape index (κ2) is 18.0. The van der Waals surface area contributed by atoms with Gasteiger partial charge in [0.2, 0.25) is 0 Å². The summed E-state index contributed by atoms with van der Waals surface area (Å²) in [6, 6.07) is 44.3. The van der Waals surface area contributed by atoms with Crippen LogP contribution >= 0.6 is 0 Å². The second-order valence-corrected chi connectivity index (χ2v) is 15.8. The predicted octanol–water partition coefficient (Wildman–Crippen LogP) is 11.6. The fraction of sp³-hybridized carbons (Fsp3) is 0.417. The van der Waals surface area contributed by atoms with Gasteiger partial charge in [-0.1, -0.05) is 158 Å². The number of hydrogen-bond donors (Lipinski definition) is 0. The highest BCUT2D eigenvalue weighted by molar-refractivity contribution is 5.83. The summed E-state index contributed by atoms with van der Waals surface area (Å²) in [5.74, 6) is 0. The molecule has 4 aromatic rings. The maximum absolute atomic E-state index is 2.51. The molecule has 0 radical (unpaired) electrons. The van der Waals surface area contributed by atoms with Crippen molar-refractivity contribution in [1.29, 1.82) is 0 Å². The Morgan fingerprint density at radius 3 is 0.860 bits per heavy atom. The standard InChI is InChI=1S/C48H62N2/c1-49(37-31-45(32-38-49)47(41-23-13-9-14-24-41)42-25-15-10-16-26-42)35-21-7-5-3-4-6-8-22-36-50(2)39-33-46(34-40-50)48(43-27-17-11-18-28-43)44-29-19-12-20-30-44/h9-20,23-30H,3-8,21-22,31-40H2,1-2H3/q+2. The quantitative estimate of drug-likeness (QED) is 0.0875. The molecule has 0 N–H and O–H groups in total. The number of nitrogens with zero attached hydrogens (tertiary/aromatic N) is 2. The number of rotatable bonds is 15. The molecule has 0 amide bonds. The van der Waals surface area contributed by atoms with E-state index in [1.165, 1.54) is 159 Å². The first-order valence-electron chi connectivity index (χ1n) is 19.8. The van der Waals surface area contributed by atoms with Gasteiger partial charge in [-0.05, 0) is 59.1 Å². The van der Waals surface area contributed by atoms with Gasteiger partial charge in [0.1, 0.15) is 0 Å². The van der Waals surface area contributed by atoms with Crippen LogP contribution in [0.2, 0.25) is 0 Å². The van der Waals surface area contributed by atoms with Crippen LogP contribution in [0.25, 0.3) is 11.1 Å². The van der Waals surface area contributed by atoms with Gasteiger partial charge in [0.15, 0.2) is 0 Å². The highest BCUT2D eigenvalue weighted by Crippen LogP contribution is 2.35. The molecule has 0 atom stereocenters. The second-order valence-electron chi connectivity index (χ2n) is 15.8. The Morgan fingerprint density at radius 2 is 0.600 bits per heavy atom. The zero-order chi connectivity index (χ0) is 34.5. The number of unbranched alkanes of at least 4 members (excludes halogenated alkanes) is 7. The van der Waals surface area contributed by atoms with E-state index < -0.39 is 0 Å². The molecule has 2 nitrogen and oxygen atoms in total. The molecule has 2 saturated heterocycles. The van der Waals surface area contributed by atoms with Crippen LogP contribution in [0.3, 0.4) is 0 Å². The van der Waals surface area contributed by atoms with Gasteiger partial charge in [0, 0.05) is 25.7 Å². The van der Waals surface area contributed by atoms with Gasteiger partial charge in [-0.25, -0.2) is 0 Å². The first-order valence-corrected chi connectivity index (χ1v) is 19.8. The maximum atomic E-state index is 2.51. The van der Waals surface area contributed by atoms with Crippen molar-refractivity contribution in [2.75, 3.05) is 53.4 Å². The third kappa shape index (κ3) is 9.95. The Kier molecular flexibility index (Phi) is 13.0. The van der Waals surface area contributed by atoms with E-state index in [-0.39, 0.29) is 0 Å². The Hall–Kier alpha value is -3.72. The SMILES string of the molecule is C[N+]1(CCCCCCCCCC[N+]2(C)CCC(=C(c3ccccc3)c3ccccc3)CC2)CCC(=C(c2ccccc2)c2ccccc2)CC1. The first kappa shape index (κ1) is 36.1. The van der Waals surface area contributed by atoms with E-state index in [1.54, 1.807) is 11.1 Å². The highest BCUT2D eigenvalue weighted by atomic mass is 15.3. The van der Waals surface area contributed by atoms with Gasteiger partial charge >= 0.3 is 0 Å². The number of piperidine rings is 2. The maximum Gasteiger partial charge on any atom is 0.0822 e. The number of hydrogen-bond acceptors (Lipinski definition) is 0. The average molecular weight is 667 g/mol. The van der Waals surface area contributed by atoms with Crippen molar-refractivity contribution < 1.29 is 8.97 Å². The summed E-state index contributed by atoms with van der Waals surface area (Å²) < 4.78 is 2.49. The summed E-state index contributed by atoms with van der Waals surface area (Å²) in [7, 11) is 5.02. The monoisotopic (exact) mass is 666 g/mol. The van der Waals surface area contributed by atoms with E-state index in [0.717, 1.165) is 0 Å². The van der Waals surface area contributed by atoms with Crippen LogP contribution in [0, 0.1) is 0 Å². The van der Waals surface area contributed by atoms with Crippen molar-refractivity contribution in [1.82, 2.24) is 0 Å². The molecule has 4 aromatic carbocycles. The molecule has 262 valence electrons. The van der Waals surface area contributed by atoms with E-state index >= 15 is 0 Å². The Morgan fingerprint density at radius 1 is 0.360 bits per heavy atom. The summed E-state index contributed by atoms with van der Waals surface area (Å²) in [4.78, 5) is 0. The van der Waals surface area contributed by atoms with Crippen LogP contribution in [-0.2, 0) is 0 Å². The minimum atomic E-state index is 1.22. The number of likely N-dealkylation sites (tertiary alicyclic amines) is 2. The van der Waals surface area contributed by atoms with E-state index in [1.807, 2.05) is 0 Å². The smallest absolute Gasteiger partial charge is 0.0822 e. The van der Waals surface area contributed by atoms with Crippen molar-refractivity contribution >= 4 is 11.1 Å². The molecule has 0 saturated carbocycles. The molecule has 2 heteroatoms. The van der Waals surface area contributed by atoms with Crippen LogP contribution in [0.1, 0.15) is 99.3 Å². The topological polar surface area (TPSA) is 0 Å². The summed E-state index contributed by atoms with van der Waals surface area (Å²) in [6.45, 7) is 7.77. The first-order chi connectivity index (χ1) is 24.5. The highest BCUT2D eigenvalue weighted by Gasteiger charge is 2.30. The molecular weight excluding hydrogens is 605 g/mol. The van der Waals surface area contributed by atoms with Crippen LogP contribution < -0.4 is 0 Å². The molecule has 0 spiro atoms. The lowest BCUT2D eigenvalue weighted by Gasteiger charge is -2.39. The molecule has 2 aliphatic heterocycles. The fourth-order valence-electron chi connectivity index (χ4n) is 8.66. The average Bonchev–Trinajstić information content (AvgIpc) is 3.16. The van der Waals surface area contributed by atoms with Crippen LogP contribution in [0.4, 0.5) is 0 Å². The minimum Gasteiger partial charge on any atom is -0.326 e. The molecule has 6 rings (SSSR count). The van der Waals surface area contributed by atoms with Crippen LogP contribution in [-0.4, -0.2) is 62.3 Å². The molecule has 2 aliphatic rings. The fourth-order valence-corrected chi connectivity index (χ4v) is 8.66. The van der Waals surface area contributed by atoms with Gasteiger partial charge in [0.05, 0.1) is 53.4 Å². The van der Waals surface area contributed by atoms with Crippen molar-refractivity contribution in [2.45, 2.75) is 77.0 Å². The predicted molar refractivity (Wildman–Crippen MR) is 215 cm³/mol. The molecule has 0 aromatic heterocycles. The Balaban J connectivity index is 0.865. The lowest BCUT2D eigenvalue weighted by molar-refractivity contribution is -0.912. The van der Waals surface area contributed by atoms with Crippen molar-refractivity contribution in [3.05, 3.63) is 155 Å². The van der Waals surface area contributed by atoms with Gasteiger partial charge in [0.25, 0.3) is 0 Å². The number of benzene rings is 4. The van der Waals surface area contributed by atoms with Crippen LogP contribution in [0.5, 0.6) is 0 Å². The van der Waals surface area contributed by atoms with Gasteiger partial charge in [-0.3, -0.25) is 0 Å². The van der Waals surface area contributed by atoms with E-state index in [0.29, 0.717) is 0 Å². The Bertz CT molecular complexity index is 1420. The van der Waals surface area contributed by atoms with Crippen LogP contribution in [0.15, 0.2) is 132 Å². The zero-order valence-corrected chi connectivity index (χ0v) is 31.2. The summed E-state index contributed by atoms with van der Waals surface area (Å²) >= 11 is 0. The lowest BCUT2D eigenvalue weighted by Crippen LogP contribution is -2.49. The minimum absolute atomic E-state index is 1.22. The zero-order valence-electron chi connectivity index (χ0n) is 31.2.